The van der Waals surface area contributed by atoms with Crippen molar-refractivity contribution in [3.63, 3.8) is 0 Å². The summed E-state index contributed by atoms with van der Waals surface area (Å²) in [7, 11) is 0. The van der Waals surface area contributed by atoms with Gasteiger partial charge < -0.3 is 4.98 Å². The number of pyridine rings is 1. The Hall–Kier alpha value is -1.05. The van der Waals surface area contributed by atoms with Crippen LogP contribution >= 0.6 is 0 Å². The highest BCUT2D eigenvalue weighted by atomic mass is 16.1. The van der Waals surface area contributed by atoms with E-state index in [2.05, 4.69) is 4.98 Å². The Morgan fingerprint density at radius 2 is 2.11 bits per heavy atom. The second-order valence-corrected chi connectivity index (χ2v) is 2.16. The Balaban J connectivity index is 0.000000810. The molecule has 0 spiro atoms. The first-order chi connectivity index (χ1) is 4.20. The summed E-state index contributed by atoms with van der Waals surface area (Å²) in [6.45, 7) is 3.88. The van der Waals surface area contributed by atoms with Gasteiger partial charge in [-0.15, -0.1) is 0 Å². The van der Waals surface area contributed by atoms with Crippen LogP contribution in [0.4, 0.5) is 0 Å². The van der Waals surface area contributed by atoms with Gasteiger partial charge in [-0.25, -0.2) is 0 Å². The SMILES string of the molecule is Cc1c[nH]c(=O)cc1C.[HH]. The Morgan fingerprint density at radius 1 is 1.44 bits per heavy atom. The van der Waals surface area contributed by atoms with E-state index in [-0.39, 0.29) is 6.99 Å². The van der Waals surface area contributed by atoms with E-state index in [1.165, 1.54) is 0 Å². The van der Waals surface area contributed by atoms with Gasteiger partial charge in [0.15, 0.2) is 0 Å². The maximum atomic E-state index is 10.6. The molecule has 0 saturated heterocycles. The number of nitrogens with one attached hydrogen (secondary N) is 1. The first-order valence-electron chi connectivity index (χ1n) is 2.86. The van der Waals surface area contributed by atoms with Gasteiger partial charge >= 0.3 is 0 Å². The van der Waals surface area contributed by atoms with Crippen LogP contribution in [0, 0.1) is 13.8 Å². The molecule has 50 valence electrons. The summed E-state index contributed by atoms with van der Waals surface area (Å²) in [4.78, 5) is 13.2. The van der Waals surface area contributed by atoms with Crippen LogP contribution < -0.4 is 5.56 Å². The zero-order valence-electron chi connectivity index (χ0n) is 5.56. The molecule has 1 N–H and O–H groups in total. The number of aromatic amines is 1. The van der Waals surface area contributed by atoms with Crippen LogP contribution in [-0.4, -0.2) is 4.98 Å². The van der Waals surface area contributed by atoms with E-state index in [0.717, 1.165) is 11.1 Å². The lowest BCUT2D eigenvalue weighted by molar-refractivity contribution is 1.16. The maximum Gasteiger partial charge on any atom is 0.248 e. The zero-order valence-corrected chi connectivity index (χ0v) is 5.56. The first-order valence-corrected chi connectivity index (χ1v) is 2.86. The lowest BCUT2D eigenvalue weighted by atomic mass is 10.2. The Kier molecular flexibility index (Phi) is 1.39. The monoisotopic (exact) mass is 125 g/mol. The fraction of sp³-hybridized carbons (Fsp3) is 0.286. The highest BCUT2D eigenvalue weighted by molar-refractivity contribution is 5.18. The third kappa shape index (κ3) is 1.19. The van der Waals surface area contributed by atoms with E-state index in [0.29, 0.717) is 0 Å². The van der Waals surface area contributed by atoms with Gasteiger partial charge in [-0.3, -0.25) is 4.79 Å². The molecule has 2 nitrogen and oxygen atoms in total. The van der Waals surface area contributed by atoms with Gasteiger partial charge in [0.25, 0.3) is 0 Å². The molecule has 1 rings (SSSR count). The molecule has 0 fully saturated rings. The van der Waals surface area contributed by atoms with E-state index in [1.54, 1.807) is 12.3 Å². The molecule has 0 aliphatic carbocycles. The van der Waals surface area contributed by atoms with Crippen LogP contribution in [0.1, 0.15) is 12.6 Å². The summed E-state index contributed by atoms with van der Waals surface area (Å²) in [6, 6.07) is 1.59. The van der Waals surface area contributed by atoms with Crippen molar-refractivity contribution in [2.75, 3.05) is 0 Å². The van der Waals surface area contributed by atoms with Crippen LogP contribution in [0.15, 0.2) is 17.1 Å². The molecule has 1 aromatic heterocycles. The van der Waals surface area contributed by atoms with Gasteiger partial charge in [0.05, 0.1) is 0 Å². The van der Waals surface area contributed by atoms with Gasteiger partial charge in [-0.05, 0) is 25.0 Å². The minimum Gasteiger partial charge on any atom is -0.329 e. The molecule has 2 heteroatoms. The average molecular weight is 125 g/mol. The quantitative estimate of drug-likeness (QED) is 0.556. The van der Waals surface area contributed by atoms with Crippen LogP contribution in [-0.2, 0) is 0 Å². The molecule has 9 heavy (non-hydrogen) atoms. The fourth-order valence-corrected chi connectivity index (χ4v) is 0.645. The van der Waals surface area contributed by atoms with Crippen LogP contribution in [0.2, 0.25) is 0 Å². The lowest BCUT2D eigenvalue weighted by Crippen LogP contribution is -2.03. The summed E-state index contributed by atoms with van der Waals surface area (Å²) in [6.07, 6.45) is 1.72. The standard InChI is InChI=1S/C7H9NO.H2/c1-5-3-7(9)8-4-6(5)2;/h3-4H,1-2H3,(H,8,9);1H. The van der Waals surface area contributed by atoms with Crippen molar-refractivity contribution in [2.45, 2.75) is 13.8 Å². The van der Waals surface area contributed by atoms with Gasteiger partial charge in [0.2, 0.25) is 5.56 Å². The van der Waals surface area contributed by atoms with E-state index < -0.39 is 0 Å². The molecule has 0 aliphatic heterocycles. The number of aryl methyl sites for hydroxylation is 2. The number of hydrogen-bond donors (Lipinski definition) is 1. The number of H-pyrrole nitrogens is 1. The predicted molar refractivity (Wildman–Crippen MR) is 38.7 cm³/mol. The van der Waals surface area contributed by atoms with Crippen molar-refractivity contribution >= 4 is 0 Å². The summed E-state index contributed by atoms with van der Waals surface area (Å²) in [5.41, 5.74) is 2.13. The lowest BCUT2D eigenvalue weighted by Gasteiger charge is -1.93. The van der Waals surface area contributed by atoms with Crippen LogP contribution in [0.3, 0.4) is 0 Å². The van der Waals surface area contributed by atoms with Gasteiger partial charge in [0.1, 0.15) is 0 Å². The van der Waals surface area contributed by atoms with Gasteiger partial charge in [-0.2, -0.15) is 0 Å². The van der Waals surface area contributed by atoms with E-state index in [4.69, 9.17) is 0 Å². The molecule has 1 aromatic rings. The molecule has 0 unspecified atom stereocenters. The minimum atomic E-state index is -0.0295. The smallest absolute Gasteiger partial charge is 0.248 e. The summed E-state index contributed by atoms with van der Waals surface area (Å²) in [5.74, 6) is 0. The second-order valence-electron chi connectivity index (χ2n) is 2.16. The van der Waals surface area contributed by atoms with E-state index >= 15 is 0 Å². The number of rotatable bonds is 0. The van der Waals surface area contributed by atoms with E-state index in [9.17, 15) is 4.79 Å². The average Bonchev–Trinajstić information content (AvgIpc) is 1.80. The molecule has 1 heterocycles. The summed E-state index contributed by atoms with van der Waals surface area (Å²) in [5, 5.41) is 0. The van der Waals surface area contributed by atoms with Crippen molar-refractivity contribution in [3.8, 4) is 0 Å². The number of hydrogen-bond acceptors (Lipinski definition) is 1. The molecule has 0 aromatic carbocycles. The van der Waals surface area contributed by atoms with Gasteiger partial charge in [0, 0.05) is 13.7 Å². The van der Waals surface area contributed by atoms with Crippen molar-refractivity contribution in [1.29, 1.82) is 0 Å². The molecule has 0 amide bonds. The Morgan fingerprint density at radius 3 is 2.56 bits per heavy atom. The summed E-state index contributed by atoms with van der Waals surface area (Å²) >= 11 is 0. The van der Waals surface area contributed by atoms with Gasteiger partial charge in [-0.1, -0.05) is 0 Å². The largest absolute Gasteiger partial charge is 0.329 e. The third-order valence-electron chi connectivity index (χ3n) is 1.40. The van der Waals surface area contributed by atoms with Crippen molar-refractivity contribution in [1.82, 2.24) is 4.98 Å². The topological polar surface area (TPSA) is 32.9 Å². The highest BCUT2D eigenvalue weighted by Crippen LogP contribution is 1.97. The normalized spacial score (nSPS) is 9.56. The van der Waals surface area contributed by atoms with Crippen molar-refractivity contribution in [2.24, 2.45) is 0 Å². The summed E-state index contributed by atoms with van der Waals surface area (Å²) < 4.78 is 0. The molecule has 0 aliphatic rings. The second kappa shape index (κ2) is 2.05. The predicted octanol–water partition coefficient (Wildman–Crippen LogP) is 1.24. The van der Waals surface area contributed by atoms with Crippen LogP contribution in [0.5, 0.6) is 0 Å². The maximum absolute atomic E-state index is 10.6. The Labute approximate surface area is 55.0 Å². The molecular formula is C7H11NO. The van der Waals surface area contributed by atoms with Crippen LogP contribution in [0.25, 0.3) is 0 Å². The van der Waals surface area contributed by atoms with E-state index in [1.807, 2.05) is 13.8 Å². The Bertz CT molecular complexity index is 267. The number of aromatic nitrogens is 1. The van der Waals surface area contributed by atoms with Crippen molar-refractivity contribution in [3.05, 3.63) is 33.7 Å². The molecule has 0 saturated carbocycles. The highest BCUT2D eigenvalue weighted by Gasteiger charge is 1.89. The first kappa shape index (κ1) is 6.08. The van der Waals surface area contributed by atoms with Crippen molar-refractivity contribution < 1.29 is 1.43 Å². The molecule has 0 atom stereocenters. The molecule has 0 bridgehead atoms. The molecule has 0 radical (unpaired) electrons. The zero-order chi connectivity index (χ0) is 6.85. The minimum absolute atomic E-state index is 0. The molecular weight excluding hydrogens is 114 g/mol. The fourth-order valence-electron chi connectivity index (χ4n) is 0.645. The third-order valence-corrected chi connectivity index (χ3v) is 1.40.